The lowest BCUT2D eigenvalue weighted by molar-refractivity contribution is 0.0687. The molecule has 8 nitrogen and oxygen atoms in total. The molecule has 2 aromatic carbocycles. The molecule has 0 spiro atoms. The zero-order chi connectivity index (χ0) is 18.5. The van der Waals surface area contributed by atoms with Gasteiger partial charge in [0, 0.05) is 5.56 Å². The largest absolute Gasteiger partial charge is 0.488 e. The first-order valence-electron chi connectivity index (χ1n) is 7.55. The Morgan fingerprint density at radius 1 is 1.15 bits per heavy atom. The van der Waals surface area contributed by atoms with Gasteiger partial charge in [-0.1, -0.05) is 18.2 Å². The number of hydrogen-bond acceptors (Lipinski definition) is 5. The lowest BCUT2D eigenvalue weighted by Gasteiger charge is -2.18. The summed E-state index contributed by atoms with van der Waals surface area (Å²) < 4.78 is 28.4. The molecule has 4 N–H and O–H groups in total. The number of rotatable bonds is 3. The van der Waals surface area contributed by atoms with Gasteiger partial charge in [-0.25, -0.2) is 18.4 Å². The Morgan fingerprint density at radius 3 is 2.50 bits per heavy atom. The lowest BCUT2D eigenvalue weighted by Crippen LogP contribution is -2.11. The van der Waals surface area contributed by atoms with Crippen molar-refractivity contribution in [1.82, 2.24) is 10.2 Å². The molecule has 26 heavy (non-hydrogen) atoms. The Labute approximate surface area is 148 Å². The van der Waals surface area contributed by atoms with E-state index in [0.717, 1.165) is 11.1 Å². The molecular formula is C17H13N3O5S. The van der Waals surface area contributed by atoms with Crippen molar-refractivity contribution >= 4 is 16.0 Å². The average Bonchev–Trinajstić information content (AvgIpc) is 3.05. The van der Waals surface area contributed by atoms with Crippen LogP contribution >= 0.6 is 0 Å². The van der Waals surface area contributed by atoms with Crippen molar-refractivity contribution in [3.8, 4) is 28.1 Å². The highest BCUT2D eigenvalue weighted by atomic mass is 32.2. The second-order valence-electron chi connectivity index (χ2n) is 5.80. The normalized spacial score (nSPS) is 12.8. The molecule has 0 radical (unpaired) electrons. The van der Waals surface area contributed by atoms with E-state index in [-0.39, 0.29) is 17.2 Å². The van der Waals surface area contributed by atoms with Crippen molar-refractivity contribution < 1.29 is 23.1 Å². The molecule has 132 valence electrons. The van der Waals surface area contributed by atoms with Crippen LogP contribution in [0.3, 0.4) is 0 Å². The number of nitrogens with one attached hydrogen (secondary N) is 1. The maximum absolute atomic E-state index is 11.4. The van der Waals surface area contributed by atoms with Gasteiger partial charge in [0.15, 0.2) is 5.69 Å². The standard InChI is InChI=1S/C17H13N3O5S/c18-26(23,24)11-4-1-9(2-5-11)10-3-6-14-12(7-10)15-13(8-25-14)16(17(21)22)20-19-15/h1-7H,8H2,(H,19,20)(H,21,22)(H2,18,23,24). The molecule has 0 atom stereocenters. The average molecular weight is 371 g/mol. The summed E-state index contributed by atoms with van der Waals surface area (Å²) in [4.78, 5) is 11.3. The predicted molar refractivity (Wildman–Crippen MR) is 92.1 cm³/mol. The van der Waals surface area contributed by atoms with Crippen LogP contribution in [0.5, 0.6) is 5.75 Å². The number of ether oxygens (including phenoxy) is 1. The van der Waals surface area contributed by atoms with E-state index in [1.807, 2.05) is 12.1 Å². The van der Waals surface area contributed by atoms with Gasteiger partial charge >= 0.3 is 5.97 Å². The minimum atomic E-state index is -3.75. The quantitative estimate of drug-likeness (QED) is 0.644. The maximum Gasteiger partial charge on any atom is 0.356 e. The fourth-order valence-corrected chi connectivity index (χ4v) is 3.44. The van der Waals surface area contributed by atoms with Crippen molar-refractivity contribution in [1.29, 1.82) is 0 Å². The summed E-state index contributed by atoms with van der Waals surface area (Å²) in [6.07, 6.45) is 0. The van der Waals surface area contributed by atoms with Crippen molar-refractivity contribution in [2.45, 2.75) is 11.5 Å². The number of nitrogens with two attached hydrogens (primary N) is 1. The van der Waals surface area contributed by atoms with E-state index in [1.54, 1.807) is 18.2 Å². The topological polar surface area (TPSA) is 135 Å². The summed E-state index contributed by atoms with van der Waals surface area (Å²) in [6.45, 7) is 0.128. The second kappa shape index (κ2) is 5.68. The number of carboxylic acid groups (broad SMARTS) is 1. The second-order valence-corrected chi connectivity index (χ2v) is 7.36. The highest BCUT2D eigenvalue weighted by molar-refractivity contribution is 7.89. The number of aromatic amines is 1. The Hall–Kier alpha value is -3.17. The van der Waals surface area contributed by atoms with Gasteiger partial charge in [0.25, 0.3) is 0 Å². The van der Waals surface area contributed by atoms with Crippen LogP contribution in [0.25, 0.3) is 22.4 Å². The van der Waals surface area contributed by atoms with Crippen LogP contribution in [0.4, 0.5) is 0 Å². The molecule has 4 rings (SSSR count). The molecule has 0 amide bonds. The fraction of sp³-hybridized carbons (Fsp3) is 0.0588. The Bertz CT molecular complexity index is 1130. The van der Waals surface area contributed by atoms with Gasteiger partial charge < -0.3 is 9.84 Å². The van der Waals surface area contributed by atoms with Crippen LogP contribution in [-0.4, -0.2) is 29.7 Å². The molecule has 0 saturated carbocycles. The third-order valence-electron chi connectivity index (χ3n) is 4.21. The number of carboxylic acids is 1. The van der Waals surface area contributed by atoms with E-state index in [9.17, 15) is 18.3 Å². The number of aromatic nitrogens is 2. The first kappa shape index (κ1) is 16.3. The number of sulfonamides is 1. The van der Waals surface area contributed by atoms with Crippen LogP contribution in [0.1, 0.15) is 16.1 Å². The maximum atomic E-state index is 11.4. The van der Waals surface area contributed by atoms with Crippen molar-refractivity contribution in [3.05, 3.63) is 53.7 Å². The van der Waals surface area contributed by atoms with Gasteiger partial charge in [-0.3, -0.25) is 5.10 Å². The van der Waals surface area contributed by atoms with E-state index in [0.29, 0.717) is 22.6 Å². The van der Waals surface area contributed by atoms with Gasteiger partial charge in [-0.2, -0.15) is 5.10 Å². The van der Waals surface area contributed by atoms with Crippen LogP contribution in [-0.2, 0) is 16.6 Å². The fourth-order valence-electron chi connectivity index (χ4n) is 2.92. The van der Waals surface area contributed by atoms with Crippen molar-refractivity contribution in [3.63, 3.8) is 0 Å². The van der Waals surface area contributed by atoms with E-state index >= 15 is 0 Å². The summed E-state index contributed by atoms with van der Waals surface area (Å²) in [7, 11) is -3.75. The van der Waals surface area contributed by atoms with Gasteiger partial charge in [0.05, 0.1) is 16.2 Å². The van der Waals surface area contributed by atoms with Gasteiger partial charge in [0.2, 0.25) is 10.0 Å². The van der Waals surface area contributed by atoms with Crippen LogP contribution in [0.2, 0.25) is 0 Å². The third-order valence-corrected chi connectivity index (χ3v) is 5.14. The van der Waals surface area contributed by atoms with Crippen LogP contribution in [0.15, 0.2) is 47.4 Å². The molecule has 9 heteroatoms. The summed E-state index contributed by atoms with van der Waals surface area (Å²) in [5.74, 6) is -0.507. The highest BCUT2D eigenvalue weighted by Crippen LogP contribution is 2.39. The molecule has 1 aromatic heterocycles. The van der Waals surface area contributed by atoms with Crippen molar-refractivity contribution in [2.75, 3.05) is 0 Å². The Kier molecular flexibility index (Phi) is 3.56. The summed E-state index contributed by atoms with van der Waals surface area (Å²) >= 11 is 0. The zero-order valence-corrected chi connectivity index (χ0v) is 14.1. The first-order chi connectivity index (χ1) is 12.3. The van der Waals surface area contributed by atoms with E-state index in [1.165, 1.54) is 12.1 Å². The minimum absolute atomic E-state index is 0.0319. The Morgan fingerprint density at radius 2 is 1.85 bits per heavy atom. The number of hydrogen-bond donors (Lipinski definition) is 3. The number of carbonyl (C=O) groups is 1. The molecule has 3 aromatic rings. The number of primary sulfonamides is 1. The lowest BCUT2D eigenvalue weighted by atomic mass is 9.97. The van der Waals surface area contributed by atoms with Gasteiger partial charge in [-0.05, 0) is 35.4 Å². The SMILES string of the molecule is NS(=O)(=O)c1ccc(-c2ccc3c(c2)-c2[nH]nc(C(=O)O)c2CO3)cc1. The molecule has 2 heterocycles. The smallest absolute Gasteiger partial charge is 0.356 e. The van der Waals surface area contributed by atoms with Crippen LogP contribution in [0, 0.1) is 0 Å². The molecule has 0 fully saturated rings. The van der Waals surface area contributed by atoms with E-state index in [2.05, 4.69) is 10.2 Å². The number of H-pyrrole nitrogens is 1. The molecule has 0 saturated heterocycles. The summed E-state index contributed by atoms with van der Waals surface area (Å²) in [5.41, 5.74) is 3.32. The van der Waals surface area contributed by atoms with E-state index in [4.69, 9.17) is 9.88 Å². The van der Waals surface area contributed by atoms with Crippen molar-refractivity contribution in [2.24, 2.45) is 5.14 Å². The zero-order valence-electron chi connectivity index (χ0n) is 13.3. The molecule has 0 aliphatic carbocycles. The minimum Gasteiger partial charge on any atom is -0.488 e. The first-order valence-corrected chi connectivity index (χ1v) is 9.10. The number of aromatic carboxylic acids is 1. The van der Waals surface area contributed by atoms with Gasteiger partial charge in [0.1, 0.15) is 12.4 Å². The molecule has 1 aliphatic rings. The summed E-state index contributed by atoms with van der Waals surface area (Å²) in [5, 5.41) is 20.9. The third kappa shape index (κ3) is 2.63. The molecular weight excluding hydrogens is 358 g/mol. The number of nitrogens with zero attached hydrogens (tertiary/aromatic N) is 1. The molecule has 1 aliphatic heterocycles. The van der Waals surface area contributed by atoms with Gasteiger partial charge in [-0.15, -0.1) is 0 Å². The molecule has 0 bridgehead atoms. The van der Waals surface area contributed by atoms with Crippen LogP contribution < -0.4 is 9.88 Å². The Balaban J connectivity index is 1.79. The number of benzene rings is 2. The predicted octanol–water partition coefficient (Wildman–Crippen LogP) is 1.98. The monoisotopic (exact) mass is 371 g/mol. The van der Waals surface area contributed by atoms with E-state index < -0.39 is 16.0 Å². The highest BCUT2D eigenvalue weighted by Gasteiger charge is 2.26. The summed E-state index contributed by atoms with van der Waals surface area (Å²) in [6, 6.07) is 11.6. The molecule has 0 unspecified atom stereocenters. The number of fused-ring (bicyclic) bond motifs is 3.